The van der Waals surface area contributed by atoms with Gasteiger partial charge < -0.3 is 0 Å². The van der Waals surface area contributed by atoms with Crippen LogP contribution in [0.4, 0.5) is 0 Å². The normalized spacial score (nSPS) is 14.4. The van der Waals surface area contributed by atoms with Crippen LogP contribution in [0.3, 0.4) is 0 Å². The fraction of sp³-hybridized carbons (Fsp3) is 0.0423. The van der Waals surface area contributed by atoms with Crippen molar-refractivity contribution in [2.24, 2.45) is 0 Å². The summed E-state index contributed by atoms with van der Waals surface area (Å²) in [4.78, 5) is 0. The molecule has 0 bridgehead atoms. The Balaban J connectivity index is 1.01. The lowest BCUT2D eigenvalue weighted by atomic mass is 9.67. The van der Waals surface area contributed by atoms with Gasteiger partial charge in [-0.2, -0.15) is 0 Å². The van der Waals surface area contributed by atoms with E-state index in [1.165, 1.54) is 122 Å². The first-order valence-electron chi connectivity index (χ1n) is 25.0. The van der Waals surface area contributed by atoms with Gasteiger partial charge in [0.15, 0.2) is 0 Å². The minimum Gasteiger partial charge on any atom is -0.0622 e. The van der Waals surface area contributed by atoms with E-state index in [1.807, 2.05) is 0 Å². The Labute approximate surface area is 415 Å². The average Bonchev–Trinajstić information content (AvgIpc) is 3.95. The second-order valence-electron chi connectivity index (χ2n) is 19.5. The molecule has 12 aromatic rings. The maximum Gasteiger partial charge on any atom is 0.0713 e. The second-order valence-corrected chi connectivity index (χ2v) is 19.5. The molecule has 0 nitrogen and oxygen atoms in total. The Morgan fingerprint density at radius 3 is 1.55 bits per heavy atom. The molecule has 0 radical (unpaired) electrons. The van der Waals surface area contributed by atoms with Gasteiger partial charge in [0.05, 0.1) is 5.41 Å². The second kappa shape index (κ2) is 16.7. The minimum absolute atomic E-state index is 0.0766. The SMILES string of the molecule is c1ccc(-c2cccc(C(c3ccc4c(c3)C(c3ccccc3)c3c-4ccc4ccccc34)c3ccc4c(c3)C(c3ccccc3)(c3ccccc3)c3cc(-c5ccc6ccccc6c5)ccc3-4)c2)cc1. The molecule has 0 aliphatic heterocycles. The van der Waals surface area contributed by atoms with E-state index in [2.05, 4.69) is 279 Å². The highest BCUT2D eigenvalue weighted by Gasteiger charge is 2.47. The van der Waals surface area contributed by atoms with E-state index in [0.29, 0.717) is 0 Å². The first-order valence-corrected chi connectivity index (χ1v) is 25.0. The molecule has 0 saturated carbocycles. The first-order chi connectivity index (χ1) is 35.2. The van der Waals surface area contributed by atoms with Crippen LogP contribution in [0, 0.1) is 0 Å². The maximum atomic E-state index is 2.58. The van der Waals surface area contributed by atoms with Crippen LogP contribution in [0.25, 0.3) is 66.1 Å². The number of hydrogen-bond acceptors (Lipinski definition) is 0. The molecule has 0 spiro atoms. The Hall–Kier alpha value is -8.84. The Bertz CT molecular complexity index is 3940. The van der Waals surface area contributed by atoms with Crippen molar-refractivity contribution < 1.29 is 0 Å². The van der Waals surface area contributed by atoms with Gasteiger partial charge in [-0.15, -0.1) is 0 Å². The Morgan fingerprint density at radius 2 is 0.803 bits per heavy atom. The molecule has 2 aliphatic carbocycles. The van der Waals surface area contributed by atoms with E-state index in [1.54, 1.807) is 0 Å². The molecule has 0 heteroatoms. The van der Waals surface area contributed by atoms with Crippen LogP contribution in [0.5, 0.6) is 0 Å². The summed E-state index contributed by atoms with van der Waals surface area (Å²) in [6.45, 7) is 0. The van der Waals surface area contributed by atoms with Crippen molar-refractivity contribution in [1.29, 1.82) is 0 Å². The van der Waals surface area contributed by atoms with Crippen molar-refractivity contribution in [2.75, 3.05) is 0 Å². The zero-order valence-electron chi connectivity index (χ0n) is 39.2. The van der Waals surface area contributed by atoms with Gasteiger partial charge >= 0.3 is 0 Å². The quantitative estimate of drug-likeness (QED) is 0.133. The molecule has 0 fully saturated rings. The van der Waals surface area contributed by atoms with Crippen LogP contribution < -0.4 is 0 Å². The molecule has 0 amide bonds. The topological polar surface area (TPSA) is 0 Å². The lowest BCUT2D eigenvalue weighted by Gasteiger charge is -2.34. The summed E-state index contributed by atoms with van der Waals surface area (Å²) in [5, 5.41) is 5.10. The lowest BCUT2D eigenvalue weighted by Crippen LogP contribution is -2.28. The third kappa shape index (κ3) is 6.59. The van der Waals surface area contributed by atoms with E-state index >= 15 is 0 Å². The highest BCUT2D eigenvalue weighted by atomic mass is 14.5. The third-order valence-electron chi connectivity index (χ3n) is 15.7. The van der Waals surface area contributed by atoms with E-state index in [0.717, 1.165) is 0 Å². The molecule has 2 atom stereocenters. The van der Waals surface area contributed by atoms with E-state index in [-0.39, 0.29) is 11.8 Å². The lowest BCUT2D eigenvalue weighted by molar-refractivity contribution is 0.765. The van der Waals surface area contributed by atoms with Crippen molar-refractivity contribution >= 4 is 21.5 Å². The van der Waals surface area contributed by atoms with Crippen LogP contribution in [0.2, 0.25) is 0 Å². The molecule has 0 aromatic heterocycles. The summed E-state index contributed by atoms with van der Waals surface area (Å²) in [5.41, 5.74) is 22.5. The maximum absolute atomic E-state index is 2.58. The van der Waals surface area contributed by atoms with Crippen molar-refractivity contribution in [3.8, 4) is 44.5 Å². The first kappa shape index (κ1) is 41.2. The average molecular weight is 901 g/mol. The monoisotopic (exact) mass is 900 g/mol. The summed E-state index contributed by atoms with van der Waals surface area (Å²) < 4.78 is 0. The van der Waals surface area contributed by atoms with Gasteiger partial charge in [0, 0.05) is 11.8 Å². The van der Waals surface area contributed by atoms with Gasteiger partial charge in [-0.25, -0.2) is 0 Å². The van der Waals surface area contributed by atoms with E-state index < -0.39 is 5.41 Å². The van der Waals surface area contributed by atoms with Crippen LogP contribution in [-0.4, -0.2) is 0 Å². The predicted octanol–water partition coefficient (Wildman–Crippen LogP) is 18.0. The largest absolute Gasteiger partial charge is 0.0713 e. The molecule has 14 rings (SSSR count). The van der Waals surface area contributed by atoms with Crippen molar-refractivity contribution in [3.05, 3.63) is 335 Å². The standard InChI is InChI=1S/C71H48/c1-5-18-47(19-6-1)52-25-17-26-55(43-52)68(56-36-38-61-64-41-34-49-21-15-16-31-60(49)70(64)69(65(61)44-56)50-22-7-2-8-23-50)57-37-40-63-62-39-35-54(53-33-32-48-20-13-14-24-51(48)42-53)45-66(62)71(67(63)46-57,58-27-9-3-10-28-58)59-29-11-4-12-30-59/h1-46,68-69H. The van der Waals surface area contributed by atoms with Gasteiger partial charge in [-0.1, -0.05) is 267 Å². The van der Waals surface area contributed by atoms with Gasteiger partial charge in [-0.3, -0.25) is 0 Å². The van der Waals surface area contributed by atoms with Crippen LogP contribution >= 0.6 is 0 Å². The van der Waals surface area contributed by atoms with Crippen LogP contribution in [-0.2, 0) is 5.41 Å². The predicted molar refractivity (Wildman–Crippen MR) is 296 cm³/mol. The van der Waals surface area contributed by atoms with Crippen molar-refractivity contribution in [3.63, 3.8) is 0 Å². The van der Waals surface area contributed by atoms with Gasteiger partial charge in [0.1, 0.15) is 0 Å². The number of rotatable bonds is 8. The summed E-state index contributed by atoms with van der Waals surface area (Å²) in [7, 11) is 0. The van der Waals surface area contributed by atoms with Crippen molar-refractivity contribution in [1.82, 2.24) is 0 Å². The van der Waals surface area contributed by atoms with Gasteiger partial charge in [-0.05, 0) is 134 Å². The summed E-state index contributed by atoms with van der Waals surface area (Å²) in [5.74, 6) is 0.0194. The molecular formula is C71H48. The highest BCUT2D eigenvalue weighted by molar-refractivity contribution is 5.98. The molecule has 2 unspecified atom stereocenters. The summed E-state index contributed by atoms with van der Waals surface area (Å²) in [6, 6.07) is 105. The number of benzene rings is 12. The Kier molecular flexibility index (Phi) is 9.68. The minimum atomic E-state index is -0.592. The molecule has 71 heavy (non-hydrogen) atoms. The smallest absolute Gasteiger partial charge is 0.0622 e. The fourth-order valence-electron chi connectivity index (χ4n) is 12.6. The van der Waals surface area contributed by atoms with E-state index in [9.17, 15) is 0 Å². The van der Waals surface area contributed by atoms with Gasteiger partial charge in [0.2, 0.25) is 0 Å². The fourth-order valence-corrected chi connectivity index (χ4v) is 12.6. The third-order valence-corrected chi connectivity index (χ3v) is 15.7. The number of hydrogen-bond donors (Lipinski definition) is 0. The van der Waals surface area contributed by atoms with Crippen LogP contribution in [0.1, 0.15) is 67.5 Å². The molecule has 332 valence electrons. The van der Waals surface area contributed by atoms with Gasteiger partial charge in [0.25, 0.3) is 0 Å². The summed E-state index contributed by atoms with van der Waals surface area (Å²) >= 11 is 0. The molecule has 12 aromatic carbocycles. The van der Waals surface area contributed by atoms with Crippen LogP contribution in [0.15, 0.2) is 279 Å². The molecule has 0 N–H and O–H groups in total. The van der Waals surface area contributed by atoms with E-state index in [4.69, 9.17) is 0 Å². The Morgan fingerprint density at radius 1 is 0.296 bits per heavy atom. The highest BCUT2D eigenvalue weighted by Crippen LogP contribution is 2.58. The zero-order valence-corrected chi connectivity index (χ0v) is 39.2. The molecule has 0 saturated heterocycles. The summed E-state index contributed by atoms with van der Waals surface area (Å²) in [6.07, 6.45) is 0. The molecular weight excluding hydrogens is 853 g/mol. The van der Waals surface area contributed by atoms with Crippen molar-refractivity contribution in [2.45, 2.75) is 17.3 Å². The number of fused-ring (bicyclic) bond motifs is 9. The zero-order chi connectivity index (χ0) is 46.9. The molecule has 0 heterocycles. The molecule has 2 aliphatic rings.